The van der Waals surface area contributed by atoms with Crippen molar-refractivity contribution in [2.75, 3.05) is 6.61 Å². The molecule has 9 heteroatoms. The summed E-state index contributed by atoms with van der Waals surface area (Å²) in [6.07, 6.45) is -3.14. The lowest BCUT2D eigenvalue weighted by molar-refractivity contribution is -0.218. The lowest BCUT2D eigenvalue weighted by Crippen LogP contribution is -2.36. The van der Waals surface area contributed by atoms with Crippen LogP contribution in [0.5, 0.6) is 0 Å². The number of phosphoric ester groups is 1. The molecule has 0 spiro atoms. The first-order valence-corrected chi connectivity index (χ1v) is 11.6. The van der Waals surface area contributed by atoms with E-state index in [1.54, 1.807) is 13.8 Å². The van der Waals surface area contributed by atoms with Crippen LogP contribution in [0.1, 0.15) is 25.0 Å². The number of aliphatic hydroxyl groups excluding tert-OH is 1. The highest BCUT2D eigenvalue weighted by Crippen LogP contribution is 2.51. The van der Waals surface area contributed by atoms with Gasteiger partial charge in [-0.3, -0.25) is 13.6 Å². The molecule has 0 aromatic heterocycles. The summed E-state index contributed by atoms with van der Waals surface area (Å²) in [5, 5.41) is 10.5. The number of rotatable bonds is 9. The summed E-state index contributed by atoms with van der Waals surface area (Å²) in [5.41, 5.74) is 1.65. The second-order valence-electron chi connectivity index (χ2n) is 7.89. The van der Waals surface area contributed by atoms with Gasteiger partial charge in [-0.05, 0) is 25.0 Å². The van der Waals surface area contributed by atoms with Crippen LogP contribution in [-0.2, 0) is 45.6 Å². The van der Waals surface area contributed by atoms with Crippen molar-refractivity contribution in [3.8, 4) is 0 Å². The first-order valence-electron chi connectivity index (χ1n) is 10.1. The quantitative estimate of drug-likeness (QED) is 0.577. The summed E-state index contributed by atoms with van der Waals surface area (Å²) < 4.78 is 47.0. The fraction of sp³-hybridized carbons (Fsp3) is 0.455. The number of fused-ring (bicyclic) bond motifs is 1. The summed E-state index contributed by atoms with van der Waals surface area (Å²) in [7, 11) is -3.96. The third-order valence-corrected chi connectivity index (χ3v) is 6.33. The molecular formula is C22H27O8P. The van der Waals surface area contributed by atoms with Gasteiger partial charge in [-0.1, -0.05) is 60.7 Å². The van der Waals surface area contributed by atoms with Crippen molar-refractivity contribution in [2.45, 2.75) is 57.5 Å². The van der Waals surface area contributed by atoms with Gasteiger partial charge in [0.15, 0.2) is 12.1 Å². The zero-order valence-corrected chi connectivity index (χ0v) is 18.4. The summed E-state index contributed by atoms with van der Waals surface area (Å²) in [4.78, 5) is 0. The van der Waals surface area contributed by atoms with E-state index in [1.165, 1.54) is 0 Å². The van der Waals surface area contributed by atoms with E-state index in [0.29, 0.717) is 0 Å². The van der Waals surface area contributed by atoms with Crippen molar-refractivity contribution in [2.24, 2.45) is 0 Å². The van der Waals surface area contributed by atoms with Crippen LogP contribution in [0, 0.1) is 0 Å². The Balaban J connectivity index is 1.38. The zero-order valence-electron chi connectivity index (χ0n) is 17.5. The topological polar surface area (TPSA) is 92.7 Å². The van der Waals surface area contributed by atoms with Gasteiger partial charge in [0.1, 0.15) is 18.3 Å². The Kier molecular flexibility index (Phi) is 6.91. The molecule has 2 aromatic carbocycles. The molecule has 0 saturated carbocycles. The molecule has 0 amide bonds. The minimum atomic E-state index is -3.96. The fourth-order valence-corrected chi connectivity index (χ4v) is 4.60. The van der Waals surface area contributed by atoms with Crippen LogP contribution < -0.4 is 0 Å². The molecule has 0 unspecified atom stereocenters. The van der Waals surface area contributed by atoms with E-state index in [9.17, 15) is 9.67 Å². The molecule has 0 bridgehead atoms. The monoisotopic (exact) mass is 450 g/mol. The molecule has 2 aliphatic rings. The summed E-state index contributed by atoms with van der Waals surface area (Å²) in [6, 6.07) is 18.6. The molecule has 0 aliphatic carbocycles. The van der Waals surface area contributed by atoms with Crippen molar-refractivity contribution in [3.63, 3.8) is 0 Å². The highest BCUT2D eigenvalue weighted by molar-refractivity contribution is 7.48. The number of phosphoric acid groups is 1. The highest BCUT2D eigenvalue weighted by atomic mass is 31.2. The lowest BCUT2D eigenvalue weighted by atomic mass is 10.1. The number of hydrogen-bond donors (Lipinski definition) is 1. The normalized spacial score (nSPS) is 27.3. The minimum absolute atomic E-state index is 0.0483. The second-order valence-corrected chi connectivity index (χ2v) is 9.56. The molecule has 31 heavy (non-hydrogen) atoms. The third-order valence-electron chi connectivity index (χ3n) is 4.98. The second kappa shape index (κ2) is 9.48. The zero-order chi connectivity index (χ0) is 21.9. The average Bonchev–Trinajstić information content (AvgIpc) is 3.23. The Morgan fingerprint density at radius 1 is 0.903 bits per heavy atom. The first kappa shape index (κ1) is 22.6. The third kappa shape index (κ3) is 5.80. The van der Waals surface area contributed by atoms with Crippen LogP contribution >= 0.6 is 7.82 Å². The van der Waals surface area contributed by atoms with Crippen LogP contribution in [0.15, 0.2) is 60.7 Å². The maximum Gasteiger partial charge on any atom is 0.475 e. The van der Waals surface area contributed by atoms with Gasteiger partial charge in [0.25, 0.3) is 0 Å². The minimum Gasteiger partial charge on any atom is -0.387 e. The van der Waals surface area contributed by atoms with Crippen LogP contribution in [0.25, 0.3) is 0 Å². The van der Waals surface area contributed by atoms with Crippen molar-refractivity contribution in [3.05, 3.63) is 71.8 Å². The van der Waals surface area contributed by atoms with Crippen LogP contribution in [-0.4, -0.2) is 42.1 Å². The average molecular weight is 450 g/mol. The molecule has 4 rings (SSSR count). The number of aliphatic hydroxyl groups is 1. The number of benzene rings is 2. The molecule has 8 nitrogen and oxygen atoms in total. The predicted molar refractivity (Wildman–Crippen MR) is 111 cm³/mol. The standard InChI is InChI=1S/C22H27O8P/c1-22(2)29-20-19(23)18(28-21(20)30-22)15-27-31(24,25-13-16-9-5-3-6-10-16)26-14-17-11-7-4-8-12-17/h3-12,18-21,23H,13-15H2,1-2H3/t18-,19-,20-,21-/m1/s1. The van der Waals surface area contributed by atoms with Crippen molar-refractivity contribution in [1.82, 2.24) is 0 Å². The highest BCUT2D eigenvalue weighted by Gasteiger charge is 2.54. The van der Waals surface area contributed by atoms with Gasteiger partial charge in [-0.2, -0.15) is 0 Å². The van der Waals surface area contributed by atoms with Gasteiger partial charge in [0, 0.05) is 0 Å². The van der Waals surface area contributed by atoms with Gasteiger partial charge >= 0.3 is 7.82 Å². The first-order chi connectivity index (χ1) is 14.8. The predicted octanol–water partition coefficient (Wildman–Crippen LogP) is 3.78. The van der Waals surface area contributed by atoms with E-state index in [4.69, 9.17) is 27.8 Å². The van der Waals surface area contributed by atoms with E-state index in [1.807, 2.05) is 60.7 Å². The molecule has 2 aromatic rings. The van der Waals surface area contributed by atoms with Crippen molar-refractivity contribution >= 4 is 7.82 Å². The van der Waals surface area contributed by atoms with Crippen molar-refractivity contribution < 1.29 is 37.5 Å². The number of ether oxygens (including phenoxy) is 3. The van der Waals surface area contributed by atoms with Gasteiger partial charge < -0.3 is 19.3 Å². The van der Waals surface area contributed by atoms with Crippen molar-refractivity contribution in [1.29, 1.82) is 0 Å². The Morgan fingerprint density at radius 2 is 1.45 bits per heavy atom. The SMILES string of the molecule is CC1(C)O[C@H]2O[C@H](COP(=O)(OCc3ccccc3)OCc3ccccc3)[C@@H](O)[C@H]2O1. The Hall–Kier alpha value is -1.61. The molecular weight excluding hydrogens is 423 g/mol. The fourth-order valence-electron chi connectivity index (χ4n) is 3.43. The maximum absolute atomic E-state index is 13.3. The molecule has 0 radical (unpaired) electrons. The molecule has 2 aliphatic heterocycles. The van der Waals surface area contributed by atoms with E-state index < -0.39 is 38.2 Å². The smallest absolute Gasteiger partial charge is 0.387 e. The van der Waals surface area contributed by atoms with Crippen LogP contribution in [0.3, 0.4) is 0 Å². The Morgan fingerprint density at radius 3 is 1.97 bits per heavy atom. The van der Waals surface area contributed by atoms with Crippen LogP contribution in [0.4, 0.5) is 0 Å². The molecule has 2 fully saturated rings. The molecule has 168 valence electrons. The largest absolute Gasteiger partial charge is 0.475 e. The molecule has 2 heterocycles. The van der Waals surface area contributed by atoms with Gasteiger partial charge in [0.2, 0.25) is 0 Å². The van der Waals surface area contributed by atoms with Gasteiger partial charge in [-0.15, -0.1) is 0 Å². The van der Waals surface area contributed by atoms with Gasteiger partial charge in [0.05, 0.1) is 19.8 Å². The molecule has 4 atom stereocenters. The maximum atomic E-state index is 13.3. The van der Waals surface area contributed by atoms with E-state index >= 15 is 0 Å². The molecule has 1 N–H and O–H groups in total. The number of hydrogen-bond acceptors (Lipinski definition) is 8. The van der Waals surface area contributed by atoms with Gasteiger partial charge in [-0.25, -0.2) is 4.57 Å². The van der Waals surface area contributed by atoms with Crippen LogP contribution in [0.2, 0.25) is 0 Å². The van der Waals surface area contributed by atoms with E-state index in [0.717, 1.165) is 11.1 Å². The van der Waals surface area contributed by atoms with E-state index in [-0.39, 0.29) is 19.8 Å². The lowest BCUT2D eigenvalue weighted by Gasteiger charge is -2.24. The Bertz CT molecular complexity index is 843. The summed E-state index contributed by atoms with van der Waals surface area (Å²) >= 11 is 0. The Labute approximate surface area is 181 Å². The summed E-state index contributed by atoms with van der Waals surface area (Å²) in [6.45, 7) is 3.38. The van der Waals surface area contributed by atoms with E-state index in [2.05, 4.69) is 0 Å². The molecule has 2 saturated heterocycles. The summed E-state index contributed by atoms with van der Waals surface area (Å²) in [5.74, 6) is -0.838.